The average molecular weight is 268 g/mol. The second-order valence-corrected chi connectivity index (χ2v) is 5.11. The number of fused-ring (bicyclic) bond motifs is 1. The highest BCUT2D eigenvalue weighted by atomic mass is 16.3. The summed E-state index contributed by atoms with van der Waals surface area (Å²) in [7, 11) is 0. The van der Waals surface area contributed by atoms with E-state index in [-0.39, 0.29) is 18.1 Å². The molecule has 1 aliphatic carbocycles. The smallest absolute Gasteiger partial charge is 0.228 e. The number of anilines is 1. The molecule has 102 valence electrons. The van der Waals surface area contributed by atoms with Gasteiger partial charge in [0.1, 0.15) is 5.75 Å². The van der Waals surface area contributed by atoms with Crippen LogP contribution >= 0.6 is 0 Å². The minimum absolute atomic E-state index is 0.0767. The highest BCUT2D eigenvalue weighted by molar-refractivity contribution is 5.92. The molecule has 0 bridgehead atoms. The second-order valence-electron chi connectivity index (χ2n) is 5.11. The number of nitrogens with zero attached hydrogens (tertiary/aromatic N) is 1. The highest BCUT2D eigenvalue weighted by Gasteiger charge is 2.12. The van der Waals surface area contributed by atoms with Crippen LogP contribution in [0.1, 0.15) is 23.1 Å². The molecule has 0 fully saturated rings. The monoisotopic (exact) mass is 268 g/mol. The molecule has 0 aliphatic heterocycles. The van der Waals surface area contributed by atoms with E-state index in [2.05, 4.69) is 22.4 Å². The number of rotatable bonds is 3. The van der Waals surface area contributed by atoms with E-state index < -0.39 is 0 Å². The van der Waals surface area contributed by atoms with Crippen molar-refractivity contribution < 1.29 is 9.90 Å². The molecule has 20 heavy (non-hydrogen) atoms. The van der Waals surface area contributed by atoms with Gasteiger partial charge < -0.3 is 10.4 Å². The minimum Gasteiger partial charge on any atom is -0.506 e. The van der Waals surface area contributed by atoms with E-state index in [0.29, 0.717) is 5.56 Å². The summed E-state index contributed by atoms with van der Waals surface area (Å²) in [5.41, 5.74) is 4.26. The van der Waals surface area contributed by atoms with Crippen molar-refractivity contribution in [3.8, 4) is 5.75 Å². The summed E-state index contributed by atoms with van der Waals surface area (Å²) >= 11 is 0. The van der Waals surface area contributed by atoms with E-state index in [1.54, 1.807) is 12.3 Å². The molecule has 0 saturated carbocycles. The summed E-state index contributed by atoms with van der Waals surface area (Å²) in [5.74, 6) is -0.0248. The Hall–Kier alpha value is -2.36. The van der Waals surface area contributed by atoms with Crippen molar-refractivity contribution in [3.05, 3.63) is 53.3 Å². The van der Waals surface area contributed by atoms with E-state index in [0.717, 1.165) is 18.5 Å². The molecule has 0 spiro atoms. The Morgan fingerprint density at radius 3 is 2.90 bits per heavy atom. The third kappa shape index (κ3) is 2.79. The van der Waals surface area contributed by atoms with Crippen LogP contribution in [0.3, 0.4) is 0 Å². The van der Waals surface area contributed by atoms with Crippen LogP contribution in [0.2, 0.25) is 0 Å². The zero-order valence-electron chi connectivity index (χ0n) is 11.1. The van der Waals surface area contributed by atoms with E-state index in [9.17, 15) is 9.90 Å². The van der Waals surface area contributed by atoms with Crippen LogP contribution in [0.4, 0.5) is 5.69 Å². The van der Waals surface area contributed by atoms with E-state index in [1.807, 2.05) is 6.07 Å². The van der Waals surface area contributed by atoms with Crippen LogP contribution in [0.15, 0.2) is 36.7 Å². The maximum atomic E-state index is 12.0. The van der Waals surface area contributed by atoms with Gasteiger partial charge in [0.05, 0.1) is 12.6 Å². The first-order valence-electron chi connectivity index (χ1n) is 6.75. The maximum Gasteiger partial charge on any atom is 0.228 e. The molecule has 2 N–H and O–H groups in total. The molecule has 4 heteroatoms. The predicted octanol–water partition coefficient (Wildman–Crippen LogP) is 2.46. The number of hydrogen-bond donors (Lipinski definition) is 2. The lowest BCUT2D eigenvalue weighted by molar-refractivity contribution is -0.115. The molecule has 1 aromatic heterocycles. The third-order valence-electron chi connectivity index (χ3n) is 3.53. The fourth-order valence-corrected chi connectivity index (χ4v) is 2.61. The SMILES string of the molecule is O=C(Cc1cncc(O)c1)Nc1ccc2c(c1)CCC2. The van der Waals surface area contributed by atoms with Crippen molar-refractivity contribution in [1.29, 1.82) is 0 Å². The summed E-state index contributed by atoms with van der Waals surface area (Å²) in [6, 6.07) is 7.65. The van der Waals surface area contributed by atoms with Gasteiger partial charge in [0.25, 0.3) is 0 Å². The Morgan fingerprint density at radius 2 is 2.05 bits per heavy atom. The molecule has 4 nitrogen and oxygen atoms in total. The largest absolute Gasteiger partial charge is 0.506 e. The number of aromatic nitrogens is 1. The highest BCUT2D eigenvalue weighted by Crippen LogP contribution is 2.25. The third-order valence-corrected chi connectivity index (χ3v) is 3.53. The summed E-state index contributed by atoms with van der Waals surface area (Å²) in [5, 5.41) is 12.2. The van der Waals surface area contributed by atoms with Gasteiger partial charge in [-0.15, -0.1) is 0 Å². The molecule has 1 amide bonds. The topological polar surface area (TPSA) is 62.2 Å². The molecule has 0 saturated heterocycles. The Labute approximate surface area is 117 Å². The Bertz CT molecular complexity index is 653. The van der Waals surface area contributed by atoms with Gasteiger partial charge in [-0.3, -0.25) is 9.78 Å². The standard InChI is InChI=1S/C16H16N2O2/c19-15-6-11(9-17-10-15)7-16(20)18-14-5-4-12-2-1-3-13(12)8-14/h4-6,8-10,19H,1-3,7H2,(H,18,20). The Morgan fingerprint density at radius 1 is 1.20 bits per heavy atom. The quantitative estimate of drug-likeness (QED) is 0.898. The first kappa shape index (κ1) is 12.7. The fraction of sp³-hybridized carbons (Fsp3) is 0.250. The average Bonchev–Trinajstić information content (AvgIpc) is 2.86. The zero-order valence-corrected chi connectivity index (χ0v) is 11.1. The number of hydrogen-bond acceptors (Lipinski definition) is 3. The van der Waals surface area contributed by atoms with Gasteiger partial charge in [-0.1, -0.05) is 6.07 Å². The summed E-state index contributed by atoms with van der Waals surface area (Å²) in [6.45, 7) is 0. The van der Waals surface area contributed by atoms with Crippen molar-refractivity contribution in [2.75, 3.05) is 5.32 Å². The van der Waals surface area contributed by atoms with E-state index in [4.69, 9.17) is 0 Å². The number of nitrogens with one attached hydrogen (secondary N) is 1. The Balaban J connectivity index is 1.67. The van der Waals surface area contributed by atoms with Crippen LogP contribution in [0, 0.1) is 0 Å². The molecular formula is C16H16N2O2. The lowest BCUT2D eigenvalue weighted by Gasteiger charge is -2.07. The van der Waals surface area contributed by atoms with Gasteiger partial charge in [0.2, 0.25) is 5.91 Å². The minimum atomic E-state index is -0.102. The number of aryl methyl sites for hydroxylation is 2. The molecule has 0 unspecified atom stereocenters. The molecule has 0 atom stereocenters. The Kier molecular flexibility index (Phi) is 3.37. The van der Waals surface area contributed by atoms with Gasteiger partial charge in [0, 0.05) is 11.9 Å². The molecule has 0 radical (unpaired) electrons. The molecule has 1 aliphatic rings. The van der Waals surface area contributed by atoms with Crippen molar-refractivity contribution >= 4 is 11.6 Å². The first-order valence-corrected chi connectivity index (χ1v) is 6.75. The number of benzene rings is 1. The lowest BCUT2D eigenvalue weighted by atomic mass is 10.1. The summed E-state index contributed by atoms with van der Waals surface area (Å²) in [6.07, 6.45) is 6.57. The molecular weight excluding hydrogens is 252 g/mol. The molecule has 2 aromatic rings. The fourth-order valence-electron chi connectivity index (χ4n) is 2.61. The van der Waals surface area contributed by atoms with E-state index >= 15 is 0 Å². The summed E-state index contributed by atoms with van der Waals surface area (Å²) in [4.78, 5) is 15.8. The second kappa shape index (κ2) is 5.33. The maximum absolute atomic E-state index is 12.0. The summed E-state index contributed by atoms with van der Waals surface area (Å²) < 4.78 is 0. The number of amides is 1. The number of carbonyl (C=O) groups excluding carboxylic acids is 1. The van der Waals surface area contributed by atoms with Gasteiger partial charge >= 0.3 is 0 Å². The number of aromatic hydroxyl groups is 1. The van der Waals surface area contributed by atoms with Gasteiger partial charge in [-0.25, -0.2) is 0 Å². The number of carbonyl (C=O) groups is 1. The van der Waals surface area contributed by atoms with Crippen LogP contribution in [-0.2, 0) is 24.1 Å². The van der Waals surface area contributed by atoms with Crippen molar-refractivity contribution in [1.82, 2.24) is 4.98 Å². The van der Waals surface area contributed by atoms with Crippen molar-refractivity contribution in [3.63, 3.8) is 0 Å². The van der Waals surface area contributed by atoms with E-state index in [1.165, 1.54) is 23.7 Å². The number of pyridine rings is 1. The normalized spacial score (nSPS) is 13.0. The molecule has 1 aromatic carbocycles. The molecule has 3 rings (SSSR count). The zero-order chi connectivity index (χ0) is 13.9. The van der Waals surface area contributed by atoms with Gasteiger partial charge in [-0.2, -0.15) is 0 Å². The predicted molar refractivity (Wildman–Crippen MR) is 76.7 cm³/mol. The van der Waals surface area contributed by atoms with Crippen LogP contribution in [0.5, 0.6) is 5.75 Å². The van der Waals surface area contributed by atoms with Gasteiger partial charge in [0.15, 0.2) is 0 Å². The first-order chi connectivity index (χ1) is 9.70. The van der Waals surface area contributed by atoms with Crippen LogP contribution in [0.25, 0.3) is 0 Å². The van der Waals surface area contributed by atoms with Crippen molar-refractivity contribution in [2.45, 2.75) is 25.7 Å². The van der Waals surface area contributed by atoms with Crippen LogP contribution < -0.4 is 5.32 Å². The van der Waals surface area contributed by atoms with Gasteiger partial charge in [-0.05, 0) is 54.2 Å². The lowest BCUT2D eigenvalue weighted by Crippen LogP contribution is -2.14. The van der Waals surface area contributed by atoms with Crippen molar-refractivity contribution in [2.24, 2.45) is 0 Å². The van der Waals surface area contributed by atoms with Crippen LogP contribution in [-0.4, -0.2) is 16.0 Å². The molecule has 1 heterocycles.